The molecule has 8 aliphatic rings. The van der Waals surface area contributed by atoms with Crippen LogP contribution in [0.15, 0.2) is 35.6 Å². The zero-order valence-corrected chi connectivity index (χ0v) is 34.8. The Balaban J connectivity index is 0.000000135. The lowest BCUT2D eigenvalue weighted by Gasteiger charge is -2.35. The summed E-state index contributed by atoms with van der Waals surface area (Å²) in [5.74, 6) is 3.27. The molecule has 1 N–H and O–H groups in total. The second-order valence-corrected chi connectivity index (χ2v) is 24.4. The molecule has 0 amide bonds. The molecule has 53 heavy (non-hydrogen) atoms. The topological polar surface area (TPSA) is 97.8 Å². The van der Waals surface area contributed by atoms with Gasteiger partial charge >= 0.3 is 0 Å². The standard InChI is InChI=1S/C18H19NO3.C17H17NO4.CH4.S8/c1-11-14(20)9-18-4-2-5-19(18)6-3-12-7-15-16(22-10-21-15)8-13(12)17(11)18;19-12-8-17-3-1-4-18(17)5-2-10-6-13-14(22-9-21-13)7-11(10)15(17)16(12)20;;1-3-5-7-8-6-4-2/h7-8H,2-6,9-10H2,1H3;6-7,20H,1-5,8-9H2;1H4;/t18-;17-;;/m00../s1. The summed E-state index contributed by atoms with van der Waals surface area (Å²) >= 11 is 9.21. The van der Waals surface area contributed by atoms with Gasteiger partial charge in [0.1, 0.15) is 0 Å². The van der Waals surface area contributed by atoms with Crippen LogP contribution in [0.25, 0.3) is 11.1 Å². The first-order chi connectivity index (χ1) is 25.3. The summed E-state index contributed by atoms with van der Waals surface area (Å²) in [6.45, 7) is 6.57. The van der Waals surface area contributed by atoms with Crippen molar-refractivity contribution in [1.29, 1.82) is 0 Å². The Labute approximate surface area is 336 Å². The highest BCUT2D eigenvalue weighted by molar-refractivity contribution is 8.70. The Morgan fingerprint density at radius 1 is 0.660 bits per heavy atom. The Hall–Kier alpha value is -2.06. The third kappa shape index (κ3) is 6.90. The fraction of sp³-hybridized carbons (Fsp3) is 0.500. The molecule has 17 heteroatoms. The molecule has 2 spiro atoms. The lowest BCUT2D eigenvalue weighted by Crippen LogP contribution is -2.43. The molecule has 2 aliphatic carbocycles. The van der Waals surface area contributed by atoms with E-state index in [4.69, 9.17) is 18.9 Å². The van der Waals surface area contributed by atoms with Gasteiger partial charge in [0, 0.05) is 107 Å². The number of Topliss-reactive ketones (excluding diaryl/α,β-unsaturated/α-hetero) is 2. The van der Waals surface area contributed by atoms with Gasteiger partial charge in [-0.3, -0.25) is 19.4 Å². The van der Waals surface area contributed by atoms with E-state index in [0.29, 0.717) is 31.2 Å². The van der Waals surface area contributed by atoms with Crippen molar-refractivity contribution in [2.75, 3.05) is 39.8 Å². The zero-order valence-electron chi connectivity index (χ0n) is 28.3. The van der Waals surface area contributed by atoms with Gasteiger partial charge < -0.3 is 24.1 Å². The normalized spacial score (nSPS) is 25.4. The minimum absolute atomic E-state index is 0. The van der Waals surface area contributed by atoms with Gasteiger partial charge in [-0.1, -0.05) is 7.43 Å². The summed E-state index contributed by atoms with van der Waals surface area (Å²) in [4.78, 5) is 29.7. The highest BCUT2D eigenvalue weighted by Gasteiger charge is 2.54. The number of ether oxygens (including phenoxy) is 4. The minimum atomic E-state index is -0.305. The minimum Gasteiger partial charge on any atom is -0.504 e. The molecule has 6 heterocycles. The maximum Gasteiger partial charge on any atom is 0.231 e. The van der Waals surface area contributed by atoms with Crippen LogP contribution in [0.3, 0.4) is 0 Å². The molecule has 6 aliphatic heterocycles. The van der Waals surface area contributed by atoms with Crippen LogP contribution in [0.4, 0.5) is 0 Å². The molecule has 0 saturated carbocycles. The average molecular weight is 869 g/mol. The van der Waals surface area contributed by atoms with E-state index < -0.39 is 0 Å². The Morgan fingerprint density at radius 2 is 1.11 bits per heavy atom. The third-order valence-electron chi connectivity index (χ3n) is 11.6. The molecule has 2 fully saturated rings. The summed E-state index contributed by atoms with van der Waals surface area (Å²) in [5, 5.41) is 10.5. The summed E-state index contributed by atoms with van der Waals surface area (Å²) < 4.78 is 22.1. The van der Waals surface area contributed by atoms with Gasteiger partial charge in [-0.05, 0) is 116 Å². The number of carbonyl (C=O) groups is 2. The first kappa shape index (κ1) is 39.2. The van der Waals surface area contributed by atoms with Gasteiger partial charge in [-0.25, -0.2) is 0 Å². The number of rotatable bonds is 0. The number of hydrogen-bond donors (Lipinski definition) is 1. The van der Waals surface area contributed by atoms with Crippen LogP contribution in [-0.4, -0.2) is 77.3 Å². The monoisotopic (exact) mass is 868 g/mol. The Morgan fingerprint density at radius 3 is 1.62 bits per heavy atom. The molecule has 2 saturated heterocycles. The second kappa shape index (κ2) is 16.2. The summed E-state index contributed by atoms with van der Waals surface area (Å²) in [7, 11) is 9.12. The predicted octanol–water partition coefficient (Wildman–Crippen LogP) is 5.22. The van der Waals surface area contributed by atoms with E-state index >= 15 is 0 Å². The largest absolute Gasteiger partial charge is 0.504 e. The molecular formula is C36H40N2O7S8. The van der Waals surface area contributed by atoms with E-state index in [9.17, 15) is 14.7 Å². The van der Waals surface area contributed by atoms with Crippen molar-refractivity contribution < 1.29 is 33.6 Å². The van der Waals surface area contributed by atoms with Gasteiger partial charge in [0.15, 0.2) is 40.3 Å². The van der Waals surface area contributed by atoms with Crippen molar-refractivity contribution in [3.8, 4) is 23.0 Å². The smallest absolute Gasteiger partial charge is 0.231 e. The van der Waals surface area contributed by atoms with E-state index in [-0.39, 0.29) is 36.8 Å². The third-order valence-corrected chi connectivity index (χ3v) is 22.7. The van der Waals surface area contributed by atoms with Gasteiger partial charge in [0.2, 0.25) is 13.6 Å². The first-order valence-corrected chi connectivity index (χ1v) is 26.5. The number of benzene rings is 2. The van der Waals surface area contributed by atoms with Crippen molar-refractivity contribution in [1.82, 2.24) is 9.80 Å². The summed E-state index contributed by atoms with van der Waals surface area (Å²) in [6, 6.07) is 8.19. The molecule has 0 bridgehead atoms. The number of ketones is 2. The van der Waals surface area contributed by atoms with Gasteiger partial charge in [-0.15, -0.1) is 0 Å². The molecule has 0 radical (unpaired) electrons. The van der Waals surface area contributed by atoms with E-state index in [0.717, 1.165) is 97.8 Å². The fourth-order valence-electron chi connectivity index (χ4n) is 9.49. The fourth-order valence-corrected chi connectivity index (χ4v) is 20.5. The molecule has 284 valence electrons. The van der Waals surface area contributed by atoms with Crippen molar-refractivity contribution in [3.63, 3.8) is 0 Å². The van der Waals surface area contributed by atoms with Crippen LogP contribution in [-0.2, 0) is 98.1 Å². The van der Waals surface area contributed by atoms with Crippen LogP contribution in [0.1, 0.15) is 75.1 Å². The number of nitrogens with zero attached hydrogens (tertiary/aromatic N) is 2. The van der Waals surface area contributed by atoms with Gasteiger partial charge in [0.25, 0.3) is 0 Å². The van der Waals surface area contributed by atoms with Crippen LogP contribution in [0, 0.1) is 0 Å². The molecule has 2 aromatic rings. The molecule has 9 nitrogen and oxygen atoms in total. The molecule has 2 aromatic carbocycles. The first-order valence-electron chi connectivity index (χ1n) is 17.1. The van der Waals surface area contributed by atoms with Crippen molar-refractivity contribution >= 4 is 98.4 Å². The van der Waals surface area contributed by atoms with Crippen LogP contribution < -0.4 is 18.9 Å². The highest BCUT2D eigenvalue weighted by atomic mass is 33.4. The number of carbonyl (C=O) groups excluding carboxylic acids is 2. The average Bonchev–Trinajstić information content (AvgIpc) is 3.99. The maximum atomic E-state index is 12.5. The summed E-state index contributed by atoms with van der Waals surface area (Å²) in [6.07, 6.45) is 7.26. The second-order valence-electron chi connectivity index (χ2n) is 13.8. The van der Waals surface area contributed by atoms with Gasteiger partial charge in [0.05, 0.1) is 11.1 Å². The number of hydrogen-bond acceptors (Lipinski definition) is 11. The predicted molar refractivity (Wildman–Crippen MR) is 227 cm³/mol. The lowest BCUT2D eigenvalue weighted by atomic mass is 9.83. The molecule has 10 rings (SSSR count). The van der Waals surface area contributed by atoms with E-state index in [1.54, 1.807) is 35.5 Å². The SMILES string of the molecule is C.CC1=C2c3cc4c(cc3CCN3CCC[C@]23CC1=O)OCO4.O=C1C[C@]23CCCN2CCc2cc4c(cc2C3=C1O)OCO4.S=S=S=S=S=S=S=S. The van der Waals surface area contributed by atoms with Crippen LogP contribution in [0.2, 0.25) is 0 Å². The van der Waals surface area contributed by atoms with Crippen molar-refractivity contribution in [2.45, 2.75) is 76.8 Å². The number of aliphatic hydroxyl groups is 1. The molecule has 2 atom stereocenters. The van der Waals surface area contributed by atoms with Gasteiger partial charge in [-0.2, -0.15) is 0 Å². The van der Waals surface area contributed by atoms with Crippen molar-refractivity contribution in [2.24, 2.45) is 0 Å². The Kier molecular flexibility index (Phi) is 12.0. The van der Waals surface area contributed by atoms with E-state index in [1.807, 2.05) is 19.1 Å². The number of fused-ring (bicyclic) bond motifs is 6. The summed E-state index contributed by atoms with van der Waals surface area (Å²) in [5.41, 5.74) is 7.29. The molecular weight excluding hydrogens is 829 g/mol. The zero-order chi connectivity index (χ0) is 36.0. The molecule has 0 unspecified atom stereocenters. The number of aliphatic hydroxyl groups excluding tert-OH is 1. The van der Waals surface area contributed by atoms with Crippen molar-refractivity contribution in [3.05, 3.63) is 57.9 Å². The number of allylic oxidation sites excluding steroid dienone is 2. The quantitative estimate of drug-likeness (QED) is 0.378. The lowest BCUT2D eigenvalue weighted by molar-refractivity contribution is -0.118. The highest BCUT2D eigenvalue weighted by Crippen LogP contribution is 2.55. The van der Waals surface area contributed by atoms with E-state index in [2.05, 4.69) is 44.3 Å². The molecule has 0 aromatic heterocycles. The maximum absolute atomic E-state index is 12.5. The Bertz CT molecular complexity index is 2090. The van der Waals surface area contributed by atoms with Crippen LogP contribution >= 0.6 is 0 Å². The van der Waals surface area contributed by atoms with Crippen LogP contribution in [0.5, 0.6) is 23.0 Å². The van der Waals surface area contributed by atoms with E-state index in [1.165, 1.54) is 40.9 Å².